The average molecular weight is 526 g/mol. The maximum atomic E-state index is 14.0. The molecule has 3 rings (SSSR count). The fraction of sp³-hybridized carbons (Fsp3) is 0.435. The third-order valence-corrected chi connectivity index (χ3v) is 7.16. The summed E-state index contributed by atoms with van der Waals surface area (Å²) in [6.07, 6.45) is 1.66. The van der Waals surface area contributed by atoms with Gasteiger partial charge in [0.2, 0.25) is 5.91 Å². The van der Waals surface area contributed by atoms with Crippen LogP contribution in [0.3, 0.4) is 0 Å². The molecule has 1 aliphatic rings. The third-order valence-electron chi connectivity index (χ3n) is 6.24. The van der Waals surface area contributed by atoms with Gasteiger partial charge in [0.15, 0.2) is 0 Å². The Morgan fingerprint density at radius 2 is 1.72 bits per heavy atom. The minimum Gasteiger partial charge on any atom is -0.349 e. The van der Waals surface area contributed by atoms with Crippen LogP contribution in [0, 0.1) is 11.7 Å². The Morgan fingerprint density at radius 3 is 2.31 bits per heavy atom. The molecule has 6 heteroatoms. The van der Waals surface area contributed by atoms with Crippen LogP contribution in [0.25, 0.3) is 0 Å². The van der Waals surface area contributed by atoms with E-state index in [0.29, 0.717) is 0 Å². The summed E-state index contributed by atoms with van der Waals surface area (Å²) in [6, 6.07) is 12.6. The molecule has 1 heterocycles. The molecule has 1 amide bonds. The Labute approximate surface area is 189 Å². The number of amides is 1. The number of benzene rings is 2. The summed E-state index contributed by atoms with van der Waals surface area (Å²) in [6.45, 7) is 5.75. The molecular formula is C23H27Br2FN2O. The Bertz CT molecular complexity index is 861. The summed E-state index contributed by atoms with van der Waals surface area (Å²) in [7, 11) is 2.09. The highest BCUT2D eigenvalue weighted by molar-refractivity contribution is 9.11. The lowest BCUT2D eigenvalue weighted by Crippen LogP contribution is -2.50. The van der Waals surface area contributed by atoms with Crippen molar-refractivity contribution in [2.24, 2.45) is 5.92 Å². The molecule has 1 fully saturated rings. The summed E-state index contributed by atoms with van der Waals surface area (Å²) in [5, 5.41) is 3.18. The number of carbonyl (C=O) groups is 1. The van der Waals surface area contributed by atoms with Crippen molar-refractivity contribution in [3.8, 4) is 0 Å². The lowest BCUT2D eigenvalue weighted by atomic mass is 9.64. The van der Waals surface area contributed by atoms with Crippen LogP contribution in [0.5, 0.6) is 0 Å². The smallest absolute Gasteiger partial charge is 0.224 e. The average Bonchev–Trinajstić information content (AvgIpc) is 2.67. The Morgan fingerprint density at radius 1 is 1.10 bits per heavy atom. The van der Waals surface area contributed by atoms with Gasteiger partial charge in [0.25, 0.3) is 0 Å². The first kappa shape index (κ1) is 22.4. The molecule has 0 aromatic heterocycles. The molecular weight excluding hydrogens is 499 g/mol. The van der Waals surface area contributed by atoms with E-state index in [2.05, 4.69) is 49.1 Å². The number of nitrogens with one attached hydrogen (secondary N) is 1. The van der Waals surface area contributed by atoms with Crippen LogP contribution in [0.4, 0.5) is 4.39 Å². The van der Waals surface area contributed by atoms with Crippen LogP contribution in [0.1, 0.15) is 43.9 Å². The Kier molecular flexibility index (Phi) is 7.18. The number of carbonyl (C=O) groups excluding carboxylic acids is 1. The zero-order valence-electron chi connectivity index (χ0n) is 17.0. The van der Waals surface area contributed by atoms with Gasteiger partial charge in [-0.05, 0) is 81.4 Å². The van der Waals surface area contributed by atoms with Gasteiger partial charge in [0.05, 0.1) is 6.04 Å². The molecule has 1 saturated heterocycles. The van der Waals surface area contributed by atoms with Crippen molar-refractivity contribution in [2.45, 2.75) is 38.1 Å². The van der Waals surface area contributed by atoms with E-state index in [1.54, 1.807) is 12.1 Å². The fourth-order valence-corrected chi connectivity index (χ4v) is 5.61. The number of halogens is 3. The highest BCUT2D eigenvalue weighted by Crippen LogP contribution is 2.42. The van der Waals surface area contributed by atoms with Crippen LogP contribution >= 0.6 is 31.9 Å². The zero-order chi connectivity index (χ0) is 21.2. The lowest BCUT2D eigenvalue weighted by molar-refractivity contribution is -0.128. The van der Waals surface area contributed by atoms with Gasteiger partial charge in [-0.25, -0.2) is 4.39 Å². The van der Waals surface area contributed by atoms with E-state index >= 15 is 0 Å². The first-order valence-electron chi connectivity index (χ1n) is 9.92. The predicted molar refractivity (Wildman–Crippen MR) is 122 cm³/mol. The minimum absolute atomic E-state index is 0.00223. The van der Waals surface area contributed by atoms with E-state index in [0.717, 1.165) is 46.0 Å². The molecule has 0 radical (unpaired) electrons. The van der Waals surface area contributed by atoms with Crippen molar-refractivity contribution >= 4 is 37.8 Å². The van der Waals surface area contributed by atoms with E-state index in [1.165, 1.54) is 6.07 Å². The number of nitrogens with zero attached hydrogens (tertiary/aromatic N) is 1. The molecule has 1 aliphatic heterocycles. The number of rotatable bonds is 5. The summed E-state index contributed by atoms with van der Waals surface area (Å²) < 4.78 is 15.9. The van der Waals surface area contributed by atoms with Crippen LogP contribution in [-0.2, 0) is 10.2 Å². The second-order valence-electron chi connectivity index (χ2n) is 8.12. The molecule has 0 saturated carbocycles. The second-order valence-corrected chi connectivity index (χ2v) is 9.96. The maximum Gasteiger partial charge on any atom is 0.224 e. The first-order chi connectivity index (χ1) is 13.7. The van der Waals surface area contributed by atoms with Crippen molar-refractivity contribution < 1.29 is 9.18 Å². The number of likely N-dealkylation sites (tertiary alicyclic amines) is 1. The normalized spacial score (nSPS) is 18.8. The van der Waals surface area contributed by atoms with Crippen molar-refractivity contribution in [1.82, 2.24) is 10.2 Å². The molecule has 2 aromatic carbocycles. The molecule has 2 unspecified atom stereocenters. The van der Waals surface area contributed by atoms with Gasteiger partial charge in [-0.15, -0.1) is 0 Å². The Hall–Kier alpha value is -1.24. The molecule has 0 bridgehead atoms. The van der Waals surface area contributed by atoms with E-state index in [4.69, 9.17) is 0 Å². The highest BCUT2D eigenvalue weighted by atomic mass is 79.9. The van der Waals surface area contributed by atoms with Gasteiger partial charge >= 0.3 is 0 Å². The van der Waals surface area contributed by atoms with Crippen molar-refractivity contribution in [2.75, 3.05) is 20.1 Å². The van der Waals surface area contributed by atoms with Crippen molar-refractivity contribution in [3.63, 3.8) is 0 Å². The first-order valence-corrected chi connectivity index (χ1v) is 11.5. The van der Waals surface area contributed by atoms with Crippen molar-refractivity contribution in [3.05, 3.63) is 68.4 Å². The van der Waals surface area contributed by atoms with E-state index < -0.39 is 0 Å². The SMILES string of the molecule is CC(NC(=O)C(C)C1(c2cccc(F)c2)CCN(C)CC1)c1cc(Br)cc(Br)c1. The number of hydrogen-bond acceptors (Lipinski definition) is 2. The molecule has 2 aromatic rings. The van der Waals surface area contributed by atoms with Gasteiger partial charge in [0, 0.05) is 20.3 Å². The van der Waals surface area contributed by atoms with Gasteiger partial charge in [0.1, 0.15) is 5.82 Å². The highest BCUT2D eigenvalue weighted by Gasteiger charge is 2.43. The number of hydrogen-bond donors (Lipinski definition) is 1. The largest absolute Gasteiger partial charge is 0.349 e. The molecule has 2 atom stereocenters. The van der Waals surface area contributed by atoms with Gasteiger partial charge in [-0.3, -0.25) is 4.79 Å². The van der Waals surface area contributed by atoms with Gasteiger partial charge in [-0.1, -0.05) is 50.9 Å². The lowest BCUT2D eigenvalue weighted by Gasteiger charge is -2.45. The maximum absolute atomic E-state index is 14.0. The molecule has 0 aliphatic carbocycles. The van der Waals surface area contributed by atoms with Crippen LogP contribution < -0.4 is 5.32 Å². The minimum atomic E-state index is -0.365. The molecule has 29 heavy (non-hydrogen) atoms. The van der Waals surface area contributed by atoms with Crippen LogP contribution in [0.15, 0.2) is 51.4 Å². The topological polar surface area (TPSA) is 32.3 Å². The molecule has 3 nitrogen and oxygen atoms in total. The van der Waals surface area contributed by atoms with E-state index in [-0.39, 0.29) is 29.1 Å². The zero-order valence-corrected chi connectivity index (χ0v) is 20.2. The second kappa shape index (κ2) is 9.27. The van der Waals surface area contributed by atoms with E-state index in [9.17, 15) is 9.18 Å². The summed E-state index contributed by atoms with van der Waals surface area (Å²) in [5.41, 5.74) is 1.58. The standard InChI is InChI=1S/C23H27Br2FN2O/c1-15(22(29)27-16(2)17-11-19(24)14-20(25)12-17)23(7-9-28(3)10-8-23)18-5-4-6-21(26)13-18/h4-6,11-16H,7-10H2,1-3H3,(H,27,29). The van der Waals surface area contributed by atoms with Gasteiger partial charge in [-0.2, -0.15) is 0 Å². The van der Waals surface area contributed by atoms with Crippen molar-refractivity contribution in [1.29, 1.82) is 0 Å². The summed E-state index contributed by atoms with van der Waals surface area (Å²) in [4.78, 5) is 15.6. The number of piperidine rings is 1. The monoisotopic (exact) mass is 524 g/mol. The summed E-state index contributed by atoms with van der Waals surface area (Å²) in [5.74, 6) is -0.515. The molecule has 0 spiro atoms. The molecule has 1 N–H and O–H groups in total. The fourth-order valence-electron chi connectivity index (χ4n) is 4.29. The van der Waals surface area contributed by atoms with Gasteiger partial charge < -0.3 is 10.2 Å². The quantitative estimate of drug-likeness (QED) is 0.532. The van der Waals surface area contributed by atoms with Crippen LogP contribution in [-0.4, -0.2) is 30.9 Å². The van der Waals surface area contributed by atoms with Crippen LogP contribution in [0.2, 0.25) is 0 Å². The van der Waals surface area contributed by atoms with E-state index in [1.807, 2.05) is 38.1 Å². The summed E-state index contributed by atoms with van der Waals surface area (Å²) >= 11 is 7.02. The molecule has 156 valence electrons. The Balaban J connectivity index is 1.85. The third kappa shape index (κ3) is 5.09. The predicted octanol–water partition coefficient (Wildman–Crippen LogP) is 5.83.